The molecular weight excluding hydrogens is 258 g/mol. The van der Waals surface area contributed by atoms with Gasteiger partial charge in [-0.1, -0.05) is 0 Å². The topological polar surface area (TPSA) is 64.1 Å². The van der Waals surface area contributed by atoms with Crippen LogP contribution in [0.2, 0.25) is 0 Å². The van der Waals surface area contributed by atoms with Gasteiger partial charge in [0.1, 0.15) is 12.4 Å². The van der Waals surface area contributed by atoms with Crippen molar-refractivity contribution in [3.63, 3.8) is 0 Å². The molecule has 1 aromatic carbocycles. The van der Waals surface area contributed by atoms with E-state index in [1.54, 1.807) is 11.3 Å². The summed E-state index contributed by atoms with van der Waals surface area (Å²) in [5, 5.41) is 13.7. The van der Waals surface area contributed by atoms with Crippen molar-refractivity contribution in [3.8, 4) is 0 Å². The van der Waals surface area contributed by atoms with Gasteiger partial charge < -0.3 is 15.4 Å². The molecule has 0 radical (unpaired) electrons. The smallest absolute Gasteiger partial charge is 0.136 e. The number of rotatable bonds is 3. The lowest BCUT2D eigenvalue weighted by atomic mass is 10.1. The maximum atomic E-state index is 9.52. The van der Waals surface area contributed by atoms with Gasteiger partial charge in [0.05, 0.1) is 17.1 Å². The van der Waals surface area contributed by atoms with Crippen molar-refractivity contribution in [3.05, 3.63) is 46.4 Å². The fourth-order valence-corrected chi connectivity index (χ4v) is 3.12. The highest BCUT2D eigenvalue weighted by atomic mass is 32.1. The monoisotopic (exact) mass is 273 g/mol. The number of thiophene rings is 1. The van der Waals surface area contributed by atoms with Crippen LogP contribution in [0.25, 0.3) is 11.0 Å². The summed E-state index contributed by atoms with van der Waals surface area (Å²) in [7, 11) is 0. The molecule has 0 saturated carbocycles. The van der Waals surface area contributed by atoms with E-state index in [-0.39, 0.29) is 12.6 Å². The van der Waals surface area contributed by atoms with Crippen LogP contribution in [0, 0.1) is 0 Å². The number of aliphatic hydroxyl groups is 1. The molecule has 4 nitrogen and oxygen atoms in total. The highest BCUT2D eigenvalue weighted by Crippen LogP contribution is 2.28. The second kappa shape index (κ2) is 4.68. The van der Waals surface area contributed by atoms with Crippen LogP contribution in [-0.2, 0) is 6.61 Å². The number of nitrogen functional groups attached to an aromatic ring is 1. The lowest BCUT2D eigenvalue weighted by Gasteiger charge is -2.16. The highest BCUT2D eigenvalue weighted by Gasteiger charge is 2.17. The molecule has 2 aromatic heterocycles. The van der Waals surface area contributed by atoms with Crippen LogP contribution in [0.1, 0.15) is 24.4 Å². The Morgan fingerprint density at radius 3 is 2.95 bits per heavy atom. The first-order valence-electron chi connectivity index (χ1n) is 6.10. The Bertz CT molecular complexity index is 703. The minimum Gasteiger partial charge on any atom is -0.399 e. The minimum atomic E-state index is -0.0803. The Morgan fingerprint density at radius 2 is 2.26 bits per heavy atom. The van der Waals surface area contributed by atoms with Crippen LogP contribution in [0.3, 0.4) is 0 Å². The summed E-state index contributed by atoms with van der Waals surface area (Å²) in [6, 6.07) is 7.90. The van der Waals surface area contributed by atoms with E-state index in [0.29, 0.717) is 11.5 Å². The summed E-state index contributed by atoms with van der Waals surface area (Å²) < 4.78 is 2.07. The van der Waals surface area contributed by atoms with E-state index in [2.05, 4.69) is 33.3 Å². The van der Waals surface area contributed by atoms with Crippen LogP contribution in [-0.4, -0.2) is 14.7 Å². The highest BCUT2D eigenvalue weighted by molar-refractivity contribution is 7.07. The number of anilines is 1. The van der Waals surface area contributed by atoms with Gasteiger partial charge in [0, 0.05) is 5.69 Å². The molecule has 0 aliphatic carbocycles. The third-order valence-corrected chi connectivity index (χ3v) is 4.04. The largest absolute Gasteiger partial charge is 0.399 e. The van der Waals surface area contributed by atoms with E-state index in [9.17, 15) is 5.11 Å². The van der Waals surface area contributed by atoms with Gasteiger partial charge in [0.2, 0.25) is 0 Å². The average Bonchev–Trinajstić information content (AvgIpc) is 3.04. The molecule has 0 aliphatic rings. The molecule has 0 aliphatic heterocycles. The second-order valence-corrected chi connectivity index (χ2v) is 5.32. The number of nitrogens with two attached hydrogens (primary N) is 1. The maximum Gasteiger partial charge on any atom is 0.136 e. The molecule has 0 amide bonds. The fraction of sp³-hybridized carbons (Fsp3) is 0.214. The Balaban J connectivity index is 2.21. The average molecular weight is 273 g/mol. The van der Waals surface area contributed by atoms with Crippen molar-refractivity contribution in [2.45, 2.75) is 19.6 Å². The number of hydrogen-bond acceptors (Lipinski definition) is 4. The molecular formula is C14H15N3OS. The van der Waals surface area contributed by atoms with Crippen LogP contribution >= 0.6 is 11.3 Å². The normalized spacial score (nSPS) is 12.9. The molecule has 3 aromatic rings. The predicted molar refractivity (Wildman–Crippen MR) is 78.2 cm³/mol. The van der Waals surface area contributed by atoms with E-state index in [1.165, 1.54) is 5.56 Å². The first-order valence-corrected chi connectivity index (χ1v) is 7.04. The number of nitrogens with zero attached hydrogens (tertiary/aromatic N) is 2. The van der Waals surface area contributed by atoms with Crippen LogP contribution < -0.4 is 5.73 Å². The standard InChI is InChI=1S/C14H15N3OS/c1-9(10-4-5-19-8-10)17-13-3-2-11(15)6-12(13)16-14(17)7-18/h2-6,8-9,18H,7,15H2,1H3. The molecule has 0 fully saturated rings. The summed E-state index contributed by atoms with van der Waals surface area (Å²) in [6.45, 7) is 2.03. The molecule has 2 heterocycles. The first kappa shape index (κ1) is 12.2. The molecule has 1 atom stereocenters. The lowest BCUT2D eigenvalue weighted by molar-refractivity contribution is 0.264. The molecule has 1 unspecified atom stereocenters. The summed E-state index contributed by atoms with van der Waals surface area (Å²) in [4.78, 5) is 4.46. The zero-order valence-electron chi connectivity index (χ0n) is 10.6. The van der Waals surface area contributed by atoms with E-state index >= 15 is 0 Å². The molecule has 0 spiro atoms. The number of imidazole rings is 1. The molecule has 98 valence electrons. The van der Waals surface area contributed by atoms with Crippen molar-refractivity contribution in [2.75, 3.05) is 5.73 Å². The first-order chi connectivity index (χ1) is 9.20. The Hall–Kier alpha value is -1.85. The van der Waals surface area contributed by atoms with Gasteiger partial charge in [0.25, 0.3) is 0 Å². The van der Waals surface area contributed by atoms with Gasteiger partial charge in [-0.25, -0.2) is 4.98 Å². The second-order valence-electron chi connectivity index (χ2n) is 4.54. The van der Waals surface area contributed by atoms with E-state index in [1.807, 2.05) is 18.2 Å². The minimum absolute atomic E-state index is 0.0803. The van der Waals surface area contributed by atoms with Crippen molar-refractivity contribution >= 4 is 28.1 Å². The number of aromatic nitrogens is 2. The Kier molecular flexibility index (Phi) is 3.00. The van der Waals surface area contributed by atoms with Crippen molar-refractivity contribution in [1.82, 2.24) is 9.55 Å². The summed E-state index contributed by atoms with van der Waals surface area (Å²) in [5.74, 6) is 0.666. The zero-order valence-corrected chi connectivity index (χ0v) is 11.4. The Labute approximate surface area is 115 Å². The van der Waals surface area contributed by atoms with E-state index in [0.717, 1.165) is 11.0 Å². The summed E-state index contributed by atoms with van der Waals surface area (Å²) in [6.07, 6.45) is 0. The van der Waals surface area contributed by atoms with E-state index in [4.69, 9.17) is 5.73 Å². The summed E-state index contributed by atoms with van der Waals surface area (Å²) in [5.41, 5.74) is 9.51. The van der Waals surface area contributed by atoms with Crippen LogP contribution in [0.4, 0.5) is 5.69 Å². The van der Waals surface area contributed by atoms with Gasteiger partial charge in [0.15, 0.2) is 0 Å². The molecule has 3 N–H and O–H groups in total. The van der Waals surface area contributed by atoms with Crippen LogP contribution in [0.15, 0.2) is 35.0 Å². The Morgan fingerprint density at radius 1 is 1.42 bits per heavy atom. The third kappa shape index (κ3) is 2.01. The van der Waals surface area contributed by atoms with Crippen molar-refractivity contribution in [1.29, 1.82) is 0 Å². The number of benzene rings is 1. The number of aliphatic hydroxyl groups excluding tert-OH is 1. The molecule has 19 heavy (non-hydrogen) atoms. The zero-order chi connectivity index (χ0) is 13.4. The molecule has 5 heteroatoms. The maximum absolute atomic E-state index is 9.52. The fourth-order valence-electron chi connectivity index (χ4n) is 2.37. The number of hydrogen-bond donors (Lipinski definition) is 2. The van der Waals surface area contributed by atoms with Crippen molar-refractivity contribution < 1.29 is 5.11 Å². The van der Waals surface area contributed by atoms with Gasteiger partial charge in [-0.15, -0.1) is 0 Å². The van der Waals surface area contributed by atoms with Gasteiger partial charge in [-0.3, -0.25) is 0 Å². The molecule has 0 bridgehead atoms. The van der Waals surface area contributed by atoms with E-state index < -0.39 is 0 Å². The van der Waals surface area contributed by atoms with Crippen molar-refractivity contribution in [2.24, 2.45) is 0 Å². The quantitative estimate of drug-likeness (QED) is 0.721. The van der Waals surface area contributed by atoms with Gasteiger partial charge >= 0.3 is 0 Å². The molecule has 0 saturated heterocycles. The SMILES string of the molecule is CC(c1ccsc1)n1c(CO)nc2cc(N)ccc21. The lowest BCUT2D eigenvalue weighted by Crippen LogP contribution is -2.10. The predicted octanol–water partition coefficient (Wildman–Crippen LogP) is 2.78. The number of fused-ring (bicyclic) bond motifs is 1. The van der Waals surface area contributed by atoms with Gasteiger partial charge in [-0.05, 0) is 47.5 Å². The molecule has 3 rings (SSSR count). The van der Waals surface area contributed by atoms with Gasteiger partial charge in [-0.2, -0.15) is 11.3 Å². The van der Waals surface area contributed by atoms with Crippen LogP contribution in [0.5, 0.6) is 0 Å². The third-order valence-electron chi connectivity index (χ3n) is 3.34. The summed E-state index contributed by atoms with van der Waals surface area (Å²) >= 11 is 1.67.